The quantitative estimate of drug-likeness (QED) is 0.867. The van der Waals surface area contributed by atoms with Crippen molar-refractivity contribution in [2.75, 3.05) is 18.4 Å². The van der Waals surface area contributed by atoms with Gasteiger partial charge in [0.15, 0.2) is 0 Å². The molecule has 1 aromatic carbocycles. The zero-order chi connectivity index (χ0) is 17.8. The highest BCUT2D eigenvalue weighted by molar-refractivity contribution is 5.89. The highest BCUT2D eigenvalue weighted by Crippen LogP contribution is 2.26. The van der Waals surface area contributed by atoms with Crippen LogP contribution in [0.4, 0.5) is 10.5 Å². The Morgan fingerprint density at radius 3 is 2.69 bits per heavy atom. The van der Waals surface area contributed by atoms with Gasteiger partial charge in [-0.15, -0.1) is 0 Å². The number of nitrogens with zero attached hydrogens (tertiary/aromatic N) is 2. The minimum absolute atomic E-state index is 0.0503. The summed E-state index contributed by atoms with van der Waals surface area (Å²) in [5, 5.41) is 3.00. The van der Waals surface area contributed by atoms with Crippen LogP contribution in [0.15, 0.2) is 36.7 Å². The van der Waals surface area contributed by atoms with Gasteiger partial charge in [-0.25, -0.2) is 9.78 Å². The number of ether oxygens (including phenoxy) is 1. The van der Waals surface area contributed by atoms with Crippen LogP contribution in [-0.4, -0.2) is 40.1 Å². The average Bonchev–Trinajstić information content (AvgIpc) is 3.37. The molecule has 2 aliphatic rings. The first kappa shape index (κ1) is 16.9. The van der Waals surface area contributed by atoms with E-state index in [0.29, 0.717) is 12.6 Å². The van der Waals surface area contributed by atoms with E-state index >= 15 is 0 Å². The first-order valence-corrected chi connectivity index (χ1v) is 9.60. The Hall–Kier alpha value is -2.50. The molecular formula is C20H26N4O2. The largest absolute Gasteiger partial charge is 0.490 e. The molecule has 0 unspecified atom stereocenters. The lowest BCUT2D eigenvalue weighted by Gasteiger charge is -2.31. The van der Waals surface area contributed by atoms with Crippen molar-refractivity contribution in [3.63, 3.8) is 0 Å². The van der Waals surface area contributed by atoms with Gasteiger partial charge in [-0.05, 0) is 62.8 Å². The molecule has 2 amide bonds. The van der Waals surface area contributed by atoms with Gasteiger partial charge in [-0.1, -0.05) is 0 Å². The van der Waals surface area contributed by atoms with Gasteiger partial charge < -0.3 is 19.9 Å². The number of carbonyl (C=O) groups excluding carboxylic acids is 1. The Labute approximate surface area is 154 Å². The number of hydrogen-bond donors (Lipinski definition) is 2. The minimum Gasteiger partial charge on any atom is -0.490 e. The van der Waals surface area contributed by atoms with E-state index in [2.05, 4.69) is 15.3 Å². The molecule has 1 aliphatic heterocycles. The number of piperidine rings is 1. The third-order valence-electron chi connectivity index (χ3n) is 5.33. The predicted molar refractivity (Wildman–Crippen MR) is 100 cm³/mol. The lowest BCUT2D eigenvalue weighted by molar-refractivity contribution is 0.191. The topological polar surface area (TPSA) is 70.2 Å². The number of hydrogen-bond acceptors (Lipinski definition) is 3. The van der Waals surface area contributed by atoms with Gasteiger partial charge in [-0.3, -0.25) is 0 Å². The molecule has 6 heteroatoms. The monoisotopic (exact) mass is 354 g/mol. The summed E-state index contributed by atoms with van der Waals surface area (Å²) in [4.78, 5) is 22.0. The molecule has 0 spiro atoms. The van der Waals surface area contributed by atoms with E-state index in [4.69, 9.17) is 4.74 Å². The summed E-state index contributed by atoms with van der Waals surface area (Å²) in [7, 11) is 0. The summed E-state index contributed by atoms with van der Waals surface area (Å²) in [6.45, 7) is 1.48. The Balaban J connectivity index is 1.32. The molecule has 1 saturated carbocycles. The second-order valence-corrected chi connectivity index (χ2v) is 7.24. The first-order valence-electron chi connectivity index (χ1n) is 9.60. The van der Waals surface area contributed by atoms with Gasteiger partial charge in [0, 0.05) is 37.1 Å². The van der Waals surface area contributed by atoms with Crippen molar-refractivity contribution in [1.82, 2.24) is 14.9 Å². The Bertz CT molecular complexity index is 708. The molecule has 138 valence electrons. The third-order valence-corrected chi connectivity index (χ3v) is 5.33. The van der Waals surface area contributed by atoms with E-state index in [-0.39, 0.29) is 11.9 Å². The number of rotatable bonds is 4. The molecule has 0 bridgehead atoms. The van der Waals surface area contributed by atoms with Crippen LogP contribution in [0, 0.1) is 0 Å². The van der Waals surface area contributed by atoms with Gasteiger partial charge >= 0.3 is 6.03 Å². The molecule has 1 saturated heterocycles. The van der Waals surface area contributed by atoms with E-state index in [0.717, 1.165) is 49.5 Å². The average molecular weight is 354 g/mol. The van der Waals surface area contributed by atoms with Crippen molar-refractivity contribution in [2.45, 2.75) is 50.5 Å². The number of amides is 2. The predicted octanol–water partition coefficient (Wildman–Crippen LogP) is 4.14. The number of anilines is 1. The number of nitrogens with one attached hydrogen (secondary N) is 2. The maximum atomic E-state index is 12.6. The number of urea groups is 1. The fourth-order valence-corrected chi connectivity index (χ4v) is 3.90. The standard InChI is InChI=1S/C20H26N4O2/c25-20(24-13-3-4-15(14-24)19-21-11-12-22-19)23-16-7-9-18(10-8-16)26-17-5-1-2-6-17/h7-12,15,17H,1-6,13-14H2,(H,21,22)(H,23,25)/t15-/m0/s1. The van der Waals surface area contributed by atoms with Gasteiger partial charge in [0.1, 0.15) is 11.6 Å². The zero-order valence-corrected chi connectivity index (χ0v) is 15.0. The van der Waals surface area contributed by atoms with E-state index in [1.54, 1.807) is 6.20 Å². The van der Waals surface area contributed by atoms with Crippen LogP contribution in [0.5, 0.6) is 5.75 Å². The zero-order valence-electron chi connectivity index (χ0n) is 15.0. The molecule has 26 heavy (non-hydrogen) atoms. The molecule has 4 rings (SSSR count). The molecular weight excluding hydrogens is 328 g/mol. The van der Waals surface area contributed by atoms with Gasteiger partial charge in [0.25, 0.3) is 0 Å². The summed E-state index contributed by atoms with van der Waals surface area (Å²) >= 11 is 0. The van der Waals surface area contributed by atoms with Crippen molar-refractivity contribution in [2.24, 2.45) is 0 Å². The van der Waals surface area contributed by atoms with Crippen molar-refractivity contribution >= 4 is 11.7 Å². The van der Waals surface area contributed by atoms with Crippen molar-refractivity contribution in [3.05, 3.63) is 42.5 Å². The van der Waals surface area contributed by atoms with Crippen LogP contribution in [0.3, 0.4) is 0 Å². The fraction of sp³-hybridized carbons (Fsp3) is 0.500. The molecule has 2 fully saturated rings. The minimum atomic E-state index is -0.0503. The lowest BCUT2D eigenvalue weighted by Crippen LogP contribution is -2.41. The Morgan fingerprint density at radius 1 is 1.15 bits per heavy atom. The van der Waals surface area contributed by atoms with E-state index in [1.165, 1.54) is 12.8 Å². The second kappa shape index (κ2) is 7.81. The maximum Gasteiger partial charge on any atom is 0.321 e. The number of aromatic nitrogens is 2. The molecule has 1 aromatic heterocycles. The fourth-order valence-electron chi connectivity index (χ4n) is 3.90. The summed E-state index contributed by atoms with van der Waals surface area (Å²) in [5.41, 5.74) is 0.800. The number of likely N-dealkylation sites (tertiary alicyclic amines) is 1. The van der Waals surface area contributed by atoms with Crippen molar-refractivity contribution in [1.29, 1.82) is 0 Å². The molecule has 0 radical (unpaired) electrons. The van der Waals surface area contributed by atoms with Crippen LogP contribution in [-0.2, 0) is 0 Å². The molecule has 1 atom stereocenters. The number of aromatic amines is 1. The van der Waals surface area contributed by atoms with Crippen LogP contribution < -0.4 is 10.1 Å². The normalized spacial score (nSPS) is 20.9. The summed E-state index contributed by atoms with van der Waals surface area (Å²) < 4.78 is 5.97. The van der Waals surface area contributed by atoms with Crippen LogP contribution in [0.2, 0.25) is 0 Å². The van der Waals surface area contributed by atoms with Crippen LogP contribution in [0.25, 0.3) is 0 Å². The number of imidazole rings is 1. The number of benzene rings is 1. The SMILES string of the molecule is O=C(Nc1ccc(OC2CCCC2)cc1)N1CCC[C@H](c2ncc[nH]2)C1. The van der Waals surface area contributed by atoms with E-state index in [1.807, 2.05) is 35.4 Å². The summed E-state index contributed by atoms with van der Waals surface area (Å²) in [6.07, 6.45) is 10.8. The Kier molecular flexibility index (Phi) is 5.09. The van der Waals surface area contributed by atoms with E-state index < -0.39 is 0 Å². The maximum absolute atomic E-state index is 12.6. The van der Waals surface area contributed by atoms with Crippen molar-refractivity contribution in [3.8, 4) is 5.75 Å². The van der Waals surface area contributed by atoms with Gasteiger partial charge in [0.2, 0.25) is 0 Å². The third kappa shape index (κ3) is 4.00. The Morgan fingerprint density at radius 2 is 1.96 bits per heavy atom. The van der Waals surface area contributed by atoms with Crippen LogP contribution in [0.1, 0.15) is 50.3 Å². The summed E-state index contributed by atoms with van der Waals surface area (Å²) in [5.74, 6) is 2.13. The number of H-pyrrole nitrogens is 1. The molecule has 6 nitrogen and oxygen atoms in total. The van der Waals surface area contributed by atoms with Gasteiger partial charge in [0.05, 0.1) is 6.10 Å². The molecule has 2 aromatic rings. The molecule has 2 heterocycles. The molecule has 2 N–H and O–H groups in total. The first-order chi connectivity index (χ1) is 12.8. The highest BCUT2D eigenvalue weighted by Gasteiger charge is 2.26. The van der Waals surface area contributed by atoms with Crippen LogP contribution >= 0.6 is 0 Å². The van der Waals surface area contributed by atoms with Gasteiger partial charge in [-0.2, -0.15) is 0 Å². The molecule has 1 aliphatic carbocycles. The lowest BCUT2D eigenvalue weighted by atomic mass is 9.98. The smallest absolute Gasteiger partial charge is 0.321 e. The van der Waals surface area contributed by atoms with E-state index in [9.17, 15) is 4.79 Å². The second-order valence-electron chi connectivity index (χ2n) is 7.24. The highest BCUT2D eigenvalue weighted by atomic mass is 16.5. The summed E-state index contributed by atoms with van der Waals surface area (Å²) in [6, 6.07) is 7.66. The number of carbonyl (C=O) groups is 1. The van der Waals surface area contributed by atoms with Crippen molar-refractivity contribution < 1.29 is 9.53 Å².